The zero-order valence-electron chi connectivity index (χ0n) is 21.8. The Kier molecular flexibility index (Phi) is 30.2. The molecule has 1 unspecified atom stereocenters. The first-order valence-corrected chi connectivity index (χ1v) is 11.7. The van der Waals surface area contributed by atoms with Crippen molar-refractivity contribution < 1.29 is 69.0 Å². The molecule has 14 N–H and O–H groups in total. The number of carboxylic acids is 6. The van der Waals surface area contributed by atoms with Crippen LogP contribution in [-0.4, -0.2) is 103 Å². The van der Waals surface area contributed by atoms with Crippen LogP contribution in [0.4, 0.5) is 0 Å². The van der Waals surface area contributed by atoms with E-state index in [1.54, 1.807) is 0 Å². The Morgan fingerprint density at radius 3 is 1.30 bits per heavy atom. The van der Waals surface area contributed by atoms with E-state index in [9.17, 15) is 38.4 Å². The van der Waals surface area contributed by atoms with Crippen LogP contribution in [0.25, 0.3) is 0 Å². The van der Waals surface area contributed by atoms with E-state index in [1.165, 1.54) is 0 Å². The second-order valence-corrected chi connectivity index (χ2v) is 7.77. The Balaban J connectivity index is -0.000000216. The number of Topliss-reactive ketones (excluding diaryl/α,β-unsaturated/α-hetero) is 1. The zero-order valence-corrected chi connectivity index (χ0v) is 21.8. The average molecular weight is 585 g/mol. The molecule has 0 aliphatic heterocycles. The van der Waals surface area contributed by atoms with Crippen LogP contribution in [0.3, 0.4) is 0 Å². The van der Waals surface area contributed by atoms with Crippen LogP contribution in [0.15, 0.2) is 0 Å². The molecule has 0 saturated heterocycles. The van der Waals surface area contributed by atoms with Gasteiger partial charge in [-0.15, -0.1) is 0 Å². The highest BCUT2D eigenvalue weighted by Crippen LogP contribution is 1.97. The van der Waals surface area contributed by atoms with E-state index in [-0.39, 0.29) is 12.8 Å². The molecule has 0 aromatic heterocycles. The van der Waals surface area contributed by atoms with E-state index in [2.05, 4.69) is 0 Å². The van der Waals surface area contributed by atoms with Crippen molar-refractivity contribution in [1.29, 1.82) is 0 Å². The molecule has 0 aromatic carbocycles. The monoisotopic (exact) mass is 584 g/mol. The smallest absolute Gasteiger partial charge is 0.372 e. The molecule has 0 fully saturated rings. The Morgan fingerprint density at radius 1 is 0.575 bits per heavy atom. The number of ketones is 1. The fourth-order valence-corrected chi connectivity index (χ4v) is 1.91. The largest absolute Gasteiger partial charge is 0.481 e. The van der Waals surface area contributed by atoms with Gasteiger partial charge < -0.3 is 58.4 Å². The van der Waals surface area contributed by atoms with Crippen LogP contribution in [0.1, 0.15) is 64.2 Å². The van der Waals surface area contributed by atoms with Gasteiger partial charge in [-0.3, -0.25) is 28.8 Å². The van der Waals surface area contributed by atoms with Crippen molar-refractivity contribution >= 4 is 47.9 Å². The van der Waals surface area contributed by atoms with Gasteiger partial charge in [0.25, 0.3) is 0 Å². The molecular weight excluding hydrogens is 544 g/mol. The van der Waals surface area contributed by atoms with Gasteiger partial charge in [-0.2, -0.15) is 0 Å². The Hall–Kier alpha value is -4.00. The third-order valence-electron chi connectivity index (χ3n) is 4.23. The number of hydrogen-bond donors (Lipinski definition) is 10. The van der Waals surface area contributed by atoms with Crippen molar-refractivity contribution in [1.82, 2.24) is 0 Å². The van der Waals surface area contributed by atoms with E-state index in [4.69, 9.17) is 53.6 Å². The van der Waals surface area contributed by atoms with Gasteiger partial charge in [0.15, 0.2) is 0 Å². The number of rotatable bonds is 18. The second kappa shape index (κ2) is 28.0. The number of hydrogen-bond acceptors (Lipinski definition) is 12. The van der Waals surface area contributed by atoms with E-state index >= 15 is 0 Å². The first-order chi connectivity index (χ1) is 18.4. The zero-order chi connectivity index (χ0) is 32.3. The average Bonchev–Trinajstić information content (AvgIpc) is 2.86. The predicted octanol–water partition coefficient (Wildman–Crippen LogP) is -1.94. The lowest BCUT2D eigenvalue weighted by Gasteiger charge is -2.03. The minimum absolute atomic E-state index is 0.0231. The maximum absolute atomic E-state index is 10.2. The third kappa shape index (κ3) is 36.2. The molecule has 0 rings (SSSR count). The molecule has 0 aromatic rings. The molecule has 18 heteroatoms. The van der Waals surface area contributed by atoms with Gasteiger partial charge in [-0.25, -0.2) is 4.79 Å². The first-order valence-electron chi connectivity index (χ1n) is 11.7. The van der Waals surface area contributed by atoms with Crippen LogP contribution >= 0.6 is 0 Å². The summed E-state index contributed by atoms with van der Waals surface area (Å²) in [6.07, 6.45) is 3.14. The van der Waals surface area contributed by atoms with Crippen LogP contribution in [0, 0.1) is 0 Å². The van der Waals surface area contributed by atoms with E-state index < -0.39 is 72.6 Å². The quantitative estimate of drug-likeness (QED) is 0.0475. The van der Waals surface area contributed by atoms with Gasteiger partial charge in [-0.1, -0.05) is 6.42 Å². The maximum atomic E-state index is 10.2. The molecule has 3 atom stereocenters. The Morgan fingerprint density at radius 2 is 0.975 bits per heavy atom. The molecule has 0 aliphatic carbocycles. The number of carboxylic acid groups (broad SMARTS) is 6. The fourth-order valence-electron chi connectivity index (χ4n) is 1.91. The molecule has 0 aliphatic rings. The fraction of sp³-hybridized carbons (Fsp3) is 0.636. The Labute approximate surface area is 229 Å². The molecule has 232 valence electrons. The van der Waals surface area contributed by atoms with Crippen molar-refractivity contribution in [2.45, 2.75) is 82.3 Å². The van der Waals surface area contributed by atoms with Gasteiger partial charge in [0, 0.05) is 19.3 Å². The third-order valence-corrected chi connectivity index (χ3v) is 4.23. The molecular formula is C22H40N4O14. The standard InChI is InChI=1S/C6H14N2O2.C6H11NO3.C5H9NO4.C5H6O5/c7-4-2-1-3-5(8)6(9)10;7-5(6(9)10)3-1-2-4-8;2*6-3(5(9)10)1-2-4(7)8/h5H,1-4,7-8H2,(H,9,10);4-5H,1-3,7H2,(H,9,10);3H,1-2,6H2,(H,7,8)(H,9,10);1-2H2,(H,7,8)(H,9,10)/t5-;;3-;/m0.0./s1. The topological polar surface area (TPSA) is 362 Å². The number of aldehydes is 1. The van der Waals surface area contributed by atoms with Gasteiger partial charge in [-0.05, 0) is 38.6 Å². The lowest BCUT2D eigenvalue weighted by Crippen LogP contribution is -2.30. The van der Waals surface area contributed by atoms with Crippen LogP contribution < -0.4 is 22.9 Å². The van der Waals surface area contributed by atoms with E-state index in [0.717, 1.165) is 19.1 Å². The van der Waals surface area contributed by atoms with Crippen LogP contribution in [0.2, 0.25) is 0 Å². The van der Waals surface area contributed by atoms with Crippen molar-refractivity contribution in [3.05, 3.63) is 0 Å². The van der Waals surface area contributed by atoms with Crippen LogP contribution in [0.5, 0.6) is 0 Å². The normalized spacial score (nSPS) is 11.7. The summed E-state index contributed by atoms with van der Waals surface area (Å²) in [5, 5.41) is 48.8. The lowest BCUT2D eigenvalue weighted by molar-refractivity contribution is -0.150. The number of carbonyl (C=O) groups excluding carboxylic acids is 2. The number of aliphatic carboxylic acids is 6. The molecule has 0 radical (unpaired) electrons. The summed E-state index contributed by atoms with van der Waals surface area (Å²) >= 11 is 0. The van der Waals surface area contributed by atoms with Crippen molar-refractivity contribution in [3.8, 4) is 0 Å². The second-order valence-electron chi connectivity index (χ2n) is 7.77. The van der Waals surface area contributed by atoms with Gasteiger partial charge in [0.1, 0.15) is 24.4 Å². The van der Waals surface area contributed by atoms with Gasteiger partial charge in [0.05, 0.1) is 6.42 Å². The van der Waals surface area contributed by atoms with Crippen molar-refractivity contribution in [2.24, 2.45) is 22.9 Å². The summed E-state index contributed by atoms with van der Waals surface area (Å²) in [4.78, 5) is 79.6. The minimum Gasteiger partial charge on any atom is -0.481 e. The van der Waals surface area contributed by atoms with E-state index in [0.29, 0.717) is 32.2 Å². The number of carbonyl (C=O) groups is 8. The maximum Gasteiger partial charge on any atom is 0.372 e. The van der Waals surface area contributed by atoms with Crippen molar-refractivity contribution in [3.63, 3.8) is 0 Å². The highest BCUT2D eigenvalue weighted by Gasteiger charge is 2.13. The highest BCUT2D eigenvalue weighted by atomic mass is 16.4. The van der Waals surface area contributed by atoms with Gasteiger partial charge >= 0.3 is 35.8 Å². The molecule has 18 nitrogen and oxygen atoms in total. The number of nitrogens with two attached hydrogens (primary N) is 4. The van der Waals surface area contributed by atoms with Crippen molar-refractivity contribution in [2.75, 3.05) is 6.54 Å². The summed E-state index contributed by atoms with van der Waals surface area (Å²) < 4.78 is 0. The molecule has 0 amide bonds. The summed E-state index contributed by atoms with van der Waals surface area (Å²) in [5.74, 6) is -7.96. The van der Waals surface area contributed by atoms with E-state index in [1.807, 2.05) is 0 Å². The first kappa shape index (κ1) is 43.1. The minimum atomic E-state index is -1.58. The number of unbranched alkanes of at least 4 members (excludes halogenated alkanes) is 2. The molecule has 0 heterocycles. The SMILES string of the molecule is NC(CCCC=O)C(=O)O.NCCCC[C@H](N)C(=O)O.N[C@@H](CCC(=O)O)C(=O)O.O=C(O)CCC(=O)C(=O)O. The molecule has 40 heavy (non-hydrogen) atoms. The lowest BCUT2D eigenvalue weighted by atomic mass is 10.1. The predicted molar refractivity (Wildman–Crippen MR) is 136 cm³/mol. The summed E-state index contributed by atoms with van der Waals surface area (Å²) in [6.45, 7) is 0.604. The summed E-state index contributed by atoms with van der Waals surface area (Å²) in [6, 6.07) is -2.59. The van der Waals surface area contributed by atoms with Gasteiger partial charge in [0.2, 0.25) is 5.78 Å². The highest BCUT2D eigenvalue weighted by molar-refractivity contribution is 6.32. The molecule has 0 bridgehead atoms. The molecule has 0 spiro atoms. The summed E-state index contributed by atoms with van der Waals surface area (Å²) in [5.41, 5.74) is 20.6. The Bertz CT molecular complexity index is 806. The van der Waals surface area contributed by atoms with Crippen LogP contribution in [-0.2, 0) is 38.4 Å². The summed E-state index contributed by atoms with van der Waals surface area (Å²) in [7, 11) is 0. The molecule has 0 saturated carbocycles.